The summed E-state index contributed by atoms with van der Waals surface area (Å²) in [6.45, 7) is 1.79. The van der Waals surface area contributed by atoms with E-state index in [0.717, 1.165) is 5.56 Å². The Kier molecular flexibility index (Phi) is 4.94. The second-order valence-electron chi connectivity index (χ2n) is 4.86. The maximum absolute atomic E-state index is 12.4. The molecule has 2 aromatic rings. The zero-order valence-electron chi connectivity index (χ0n) is 11.9. The molecule has 21 heavy (non-hydrogen) atoms. The molecule has 0 radical (unpaired) electrons. The van der Waals surface area contributed by atoms with Crippen LogP contribution in [0.3, 0.4) is 0 Å². The second-order valence-corrected chi connectivity index (χ2v) is 5.24. The van der Waals surface area contributed by atoms with Crippen LogP contribution in [0.5, 0.6) is 0 Å². The largest absolute Gasteiger partial charge is 0.386 e. The molecule has 0 aliphatic carbocycles. The molecule has 0 fully saturated rings. The zero-order chi connectivity index (χ0) is 15.4. The first-order valence-corrected chi connectivity index (χ1v) is 7.01. The van der Waals surface area contributed by atoms with Crippen LogP contribution in [0.25, 0.3) is 0 Å². The van der Waals surface area contributed by atoms with Crippen LogP contribution in [-0.2, 0) is 0 Å². The average Bonchev–Trinajstić information content (AvgIpc) is 2.53. The second kappa shape index (κ2) is 6.70. The number of nitrogens with zero attached hydrogens (tertiary/aromatic N) is 2. The number of halogens is 1. The highest BCUT2D eigenvalue weighted by Crippen LogP contribution is 2.21. The number of likely N-dealkylation sites (N-methyl/N-ethyl adjacent to an activating group) is 1. The molecule has 5 heteroatoms. The van der Waals surface area contributed by atoms with Gasteiger partial charge in [0.1, 0.15) is 10.8 Å². The first-order chi connectivity index (χ1) is 10.0. The fraction of sp³-hybridized carbons (Fsp3) is 0.250. The number of aliphatic hydroxyl groups is 1. The minimum Gasteiger partial charge on any atom is -0.386 e. The molecular weight excluding hydrogens is 288 g/mol. The summed E-state index contributed by atoms with van der Waals surface area (Å²) in [5.74, 6) is -0.278. The number of carbonyl (C=O) groups is 1. The highest BCUT2D eigenvalue weighted by molar-refractivity contribution is 6.29. The van der Waals surface area contributed by atoms with E-state index < -0.39 is 6.10 Å². The quantitative estimate of drug-likeness (QED) is 0.884. The molecule has 0 spiro atoms. The van der Waals surface area contributed by atoms with Crippen molar-refractivity contribution in [3.63, 3.8) is 0 Å². The Labute approximate surface area is 129 Å². The van der Waals surface area contributed by atoms with Crippen molar-refractivity contribution in [2.45, 2.75) is 19.1 Å². The summed E-state index contributed by atoms with van der Waals surface area (Å²) in [6.07, 6.45) is -0.765. The maximum atomic E-state index is 12.4. The standard InChI is InChI=1S/C16H17ClN2O2/c1-11(15(20)12-7-4-3-5-8-12)19(2)16(21)13-9-6-10-14(17)18-13/h3-11,15,20H,1-2H3. The van der Waals surface area contributed by atoms with Crippen molar-refractivity contribution in [3.8, 4) is 0 Å². The number of hydrogen-bond acceptors (Lipinski definition) is 3. The van der Waals surface area contributed by atoms with E-state index in [1.165, 1.54) is 4.90 Å². The summed E-state index contributed by atoms with van der Waals surface area (Å²) in [6, 6.07) is 13.7. The Bertz CT molecular complexity index is 619. The van der Waals surface area contributed by atoms with Gasteiger partial charge >= 0.3 is 0 Å². The Morgan fingerprint density at radius 2 is 1.86 bits per heavy atom. The summed E-state index contributed by atoms with van der Waals surface area (Å²) >= 11 is 5.80. The SMILES string of the molecule is CC(C(O)c1ccccc1)N(C)C(=O)c1cccc(Cl)n1. The van der Waals surface area contributed by atoms with Crippen molar-refractivity contribution in [1.29, 1.82) is 0 Å². The molecular formula is C16H17ClN2O2. The molecule has 1 amide bonds. The van der Waals surface area contributed by atoms with Crippen LogP contribution in [0.2, 0.25) is 5.15 Å². The maximum Gasteiger partial charge on any atom is 0.272 e. The fourth-order valence-electron chi connectivity index (χ4n) is 2.03. The molecule has 1 N–H and O–H groups in total. The van der Waals surface area contributed by atoms with Gasteiger partial charge in [0.15, 0.2) is 0 Å². The number of hydrogen-bond donors (Lipinski definition) is 1. The van der Waals surface area contributed by atoms with Gasteiger partial charge in [0, 0.05) is 7.05 Å². The minimum atomic E-state index is -0.765. The van der Waals surface area contributed by atoms with Gasteiger partial charge in [-0.15, -0.1) is 0 Å². The highest BCUT2D eigenvalue weighted by Gasteiger charge is 2.25. The van der Waals surface area contributed by atoms with Gasteiger partial charge in [0.25, 0.3) is 5.91 Å². The molecule has 110 valence electrons. The lowest BCUT2D eigenvalue weighted by molar-refractivity contribution is 0.0482. The lowest BCUT2D eigenvalue weighted by atomic mass is 10.0. The summed E-state index contributed by atoms with van der Waals surface area (Å²) in [5, 5.41) is 10.6. The summed E-state index contributed by atoms with van der Waals surface area (Å²) in [5.41, 5.74) is 1.03. The first kappa shape index (κ1) is 15.5. The molecule has 0 aliphatic rings. The number of aromatic nitrogens is 1. The number of carbonyl (C=O) groups excluding carboxylic acids is 1. The van der Waals surface area contributed by atoms with Crippen molar-refractivity contribution in [2.75, 3.05) is 7.05 Å². The van der Waals surface area contributed by atoms with E-state index >= 15 is 0 Å². The number of benzene rings is 1. The number of rotatable bonds is 4. The highest BCUT2D eigenvalue weighted by atomic mass is 35.5. The fourth-order valence-corrected chi connectivity index (χ4v) is 2.20. The molecule has 1 heterocycles. The van der Waals surface area contributed by atoms with Crippen LogP contribution in [0.4, 0.5) is 0 Å². The lowest BCUT2D eigenvalue weighted by Crippen LogP contribution is -2.39. The van der Waals surface area contributed by atoms with E-state index in [9.17, 15) is 9.90 Å². The van der Waals surface area contributed by atoms with E-state index in [0.29, 0.717) is 0 Å². The Morgan fingerprint density at radius 3 is 2.48 bits per heavy atom. The van der Waals surface area contributed by atoms with E-state index in [1.807, 2.05) is 30.3 Å². The third-order valence-corrected chi connectivity index (χ3v) is 3.67. The monoisotopic (exact) mass is 304 g/mol. The molecule has 0 saturated carbocycles. The number of pyridine rings is 1. The average molecular weight is 305 g/mol. The molecule has 1 aromatic carbocycles. The van der Waals surface area contributed by atoms with Crippen LogP contribution in [0.15, 0.2) is 48.5 Å². The number of aliphatic hydroxyl groups excluding tert-OH is 1. The molecule has 0 bridgehead atoms. The van der Waals surface area contributed by atoms with Gasteiger partial charge in [-0.05, 0) is 24.6 Å². The van der Waals surface area contributed by atoms with Gasteiger partial charge in [-0.2, -0.15) is 0 Å². The third-order valence-electron chi connectivity index (χ3n) is 3.46. The van der Waals surface area contributed by atoms with Gasteiger partial charge < -0.3 is 10.0 Å². The van der Waals surface area contributed by atoms with Crippen LogP contribution in [-0.4, -0.2) is 34.0 Å². The molecule has 1 aromatic heterocycles. The Hall–Kier alpha value is -1.91. The predicted molar refractivity (Wildman–Crippen MR) is 82.2 cm³/mol. The van der Waals surface area contributed by atoms with Gasteiger partial charge in [-0.1, -0.05) is 48.0 Å². The Morgan fingerprint density at radius 1 is 1.19 bits per heavy atom. The zero-order valence-corrected chi connectivity index (χ0v) is 12.7. The van der Waals surface area contributed by atoms with Crippen molar-refractivity contribution in [1.82, 2.24) is 9.88 Å². The third kappa shape index (κ3) is 3.60. The van der Waals surface area contributed by atoms with Gasteiger partial charge in [0.2, 0.25) is 0 Å². The molecule has 4 nitrogen and oxygen atoms in total. The van der Waals surface area contributed by atoms with Crippen molar-refractivity contribution in [3.05, 3.63) is 64.9 Å². The summed E-state index contributed by atoms with van der Waals surface area (Å²) in [7, 11) is 1.64. The summed E-state index contributed by atoms with van der Waals surface area (Å²) in [4.78, 5) is 17.8. The molecule has 0 saturated heterocycles. The van der Waals surface area contributed by atoms with Crippen molar-refractivity contribution < 1.29 is 9.90 Å². The van der Waals surface area contributed by atoms with E-state index in [-0.39, 0.29) is 22.8 Å². The molecule has 2 unspecified atom stereocenters. The van der Waals surface area contributed by atoms with E-state index in [2.05, 4.69) is 4.98 Å². The van der Waals surface area contributed by atoms with Crippen molar-refractivity contribution >= 4 is 17.5 Å². The first-order valence-electron chi connectivity index (χ1n) is 6.63. The topological polar surface area (TPSA) is 53.4 Å². The molecule has 2 atom stereocenters. The summed E-state index contributed by atoms with van der Waals surface area (Å²) < 4.78 is 0. The number of amides is 1. The normalized spacial score (nSPS) is 13.5. The van der Waals surface area contributed by atoms with Crippen LogP contribution < -0.4 is 0 Å². The van der Waals surface area contributed by atoms with E-state index in [1.54, 1.807) is 32.2 Å². The Balaban J connectivity index is 2.15. The molecule has 2 rings (SSSR count). The smallest absolute Gasteiger partial charge is 0.272 e. The van der Waals surface area contributed by atoms with Crippen LogP contribution in [0, 0.1) is 0 Å². The van der Waals surface area contributed by atoms with Crippen LogP contribution >= 0.6 is 11.6 Å². The minimum absolute atomic E-state index is 0.261. The van der Waals surface area contributed by atoms with Crippen LogP contribution in [0.1, 0.15) is 29.1 Å². The van der Waals surface area contributed by atoms with E-state index in [4.69, 9.17) is 11.6 Å². The molecule has 0 aliphatic heterocycles. The van der Waals surface area contributed by atoms with Gasteiger partial charge in [-0.25, -0.2) is 4.98 Å². The van der Waals surface area contributed by atoms with Gasteiger partial charge in [-0.3, -0.25) is 4.79 Å². The van der Waals surface area contributed by atoms with Gasteiger partial charge in [0.05, 0.1) is 12.1 Å². The van der Waals surface area contributed by atoms with Crippen molar-refractivity contribution in [2.24, 2.45) is 0 Å². The predicted octanol–water partition coefficient (Wildman–Crippen LogP) is 2.93. The lowest BCUT2D eigenvalue weighted by Gasteiger charge is -2.29.